The fraction of sp³-hybridized carbons (Fsp3) is 0.143. The number of aryl methyl sites for hydroxylation is 1. The molecule has 2 rings (SSSR count). The first-order valence-corrected chi connectivity index (χ1v) is 5.61. The Morgan fingerprint density at radius 3 is 1.95 bits per heavy atom. The number of rotatable bonds is 3. The second-order valence-electron chi connectivity index (χ2n) is 4.18. The number of hydrogen-bond acceptors (Lipinski definition) is 1. The Labute approximate surface area is 107 Å². The van der Waals surface area contributed by atoms with Crippen LogP contribution >= 0.6 is 0 Å². The highest BCUT2D eigenvalue weighted by Crippen LogP contribution is 2.24. The van der Waals surface area contributed by atoms with E-state index in [1.165, 1.54) is 0 Å². The molecule has 100 valence electrons. The van der Waals surface area contributed by atoms with Gasteiger partial charge in [-0.25, -0.2) is 17.6 Å². The van der Waals surface area contributed by atoms with Crippen LogP contribution in [0.4, 0.5) is 23.2 Å². The average molecular weight is 269 g/mol. The molecule has 0 heterocycles. The lowest BCUT2D eigenvalue weighted by atomic mass is 10.1. The topological polar surface area (TPSA) is 12.0 Å². The minimum Gasteiger partial charge on any atom is -0.376 e. The molecular formula is C14H11F4N. The van der Waals surface area contributed by atoms with Crippen LogP contribution in [0.1, 0.15) is 11.1 Å². The molecule has 5 heteroatoms. The molecule has 0 amide bonds. The van der Waals surface area contributed by atoms with Crippen molar-refractivity contribution in [3.05, 3.63) is 64.7 Å². The van der Waals surface area contributed by atoms with Crippen molar-refractivity contribution in [2.24, 2.45) is 0 Å². The molecule has 1 nitrogen and oxygen atoms in total. The fourth-order valence-electron chi connectivity index (χ4n) is 1.62. The average Bonchev–Trinajstić information content (AvgIpc) is 2.38. The van der Waals surface area contributed by atoms with Crippen molar-refractivity contribution in [2.75, 3.05) is 5.32 Å². The zero-order valence-corrected chi connectivity index (χ0v) is 10.1. The fourth-order valence-corrected chi connectivity index (χ4v) is 1.62. The Hall–Kier alpha value is -2.04. The maximum absolute atomic E-state index is 13.4. The Kier molecular flexibility index (Phi) is 3.74. The highest BCUT2D eigenvalue weighted by molar-refractivity contribution is 5.47. The Bertz CT molecular complexity index is 567. The van der Waals surface area contributed by atoms with Gasteiger partial charge in [0.25, 0.3) is 0 Å². The first-order chi connectivity index (χ1) is 8.99. The summed E-state index contributed by atoms with van der Waals surface area (Å²) in [4.78, 5) is 0. The van der Waals surface area contributed by atoms with Gasteiger partial charge in [-0.2, -0.15) is 0 Å². The van der Waals surface area contributed by atoms with E-state index in [0.717, 1.165) is 11.1 Å². The van der Waals surface area contributed by atoms with E-state index in [1.807, 2.05) is 19.1 Å². The standard InChI is InChI=1S/C14H11F4N/c1-8-2-4-9(5-3-8)7-19-14-12(17)10(15)6-11(16)13(14)18/h2-6,19H,7H2,1H3. The van der Waals surface area contributed by atoms with Crippen molar-refractivity contribution in [1.29, 1.82) is 0 Å². The minimum atomic E-state index is -1.43. The van der Waals surface area contributed by atoms with Crippen LogP contribution in [0.5, 0.6) is 0 Å². The van der Waals surface area contributed by atoms with Crippen LogP contribution in [0.2, 0.25) is 0 Å². The molecule has 0 aliphatic rings. The first kappa shape index (κ1) is 13.4. The van der Waals surface area contributed by atoms with Crippen LogP contribution in [0, 0.1) is 30.2 Å². The molecule has 0 bridgehead atoms. The molecule has 2 aromatic rings. The van der Waals surface area contributed by atoms with E-state index in [-0.39, 0.29) is 12.6 Å². The number of hydrogen-bond donors (Lipinski definition) is 1. The van der Waals surface area contributed by atoms with Gasteiger partial charge in [-0.05, 0) is 12.5 Å². The van der Waals surface area contributed by atoms with Crippen LogP contribution in [-0.2, 0) is 6.54 Å². The van der Waals surface area contributed by atoms with Gasteiger partial charge in [0, 0.05) is 12.6 Å². The van der Waals surface area contributed by atoms with Gasteiger partial charge in [-0.1, -0.05) is 29.8 Å². The smallest absolute Gasteiger partial charge is 0.185 e. The molecule has 2 aromatic carbocycles. The van der Waals surface area contributed by atoms with Crippen LogP contribution < -0.4 is 5.32 Å². The van der Waals surface area contributed by atoms with Crippen LogP contribution in [0.15, 0.2) is 30.3 Å². The minimum absolute atomic E-state index is 0.0665. The van der Waals surface area contributed by atoms with E-state index in [1.54, 1.807) is 12.1 Å². The van der Waals surface area contributed by atoms with E-state index in [2.05, 4.69) is 5.32 Å². The molecule has 0 atom stereocenters. The summed E-state index contributed by atoms with van der Waals surface area (Å²) in [6.07, 6.45) is 0. The van der Waals surface area contributed by atoms with E-state index in [9.17, 15) is 17.6 Å². The monoisotopic (exact) mass is 269 g/mol. The molecule has 0 saturated carbocycles. The van der Waals surface area contributed by atoms with Crippen molar-refractivity contribution < 1.29 is 17.6 Å². The molecule has 0 unspecified atom stereocenters. The number of anilines is 1. The quantitative estimate of drug-likeness (QED) is 0.651. The van der Waals surface area contributed by atoms with Crippen molar-refractivity contribution in [1.82, 2.24) is 0 Å². The molecule has 0 fully saturated rings. The van der Waals surface area contributed by atoms with Gasteiger partial charge in [-0.3, -0.25) is 0 Å². The maximum Gasteiger partial charge on any atom is 0.185 e. The first-order valence-electron chi connectivity index (χ1n) is 5.61. The second-order valence-corrected chi connectivity index (χ2v) is 4.18. The molecule has 0 aliphatic carbocycles. The summed E-state index contributed by atoms with van der Waals surface area (Å²) in [5, 5.41) is 2.37. The summed E-state index contributed by atoms with van der Waals surface area (Å²) >= 11 is 0. The Balaban J connectivity index is 2.22. The summed E-state index contributed by atoms with van der Waals surface area (Å²) in [5.41, 5.74) is 0.991. The van der Waals surface area contributed by atoms with Crippen molar-refractivity contribution in [3.8, 4) is 0 Å². The zero-order valence-electron chi connectivity index (χ0n) is 10.1. The lowest BCUT2D eigenvalue weighted by Crippen LogP contribution is -2.07. The SMILES string of the molecule is Cc1ccc(CNc2c(F)c(F)cc(F)c2F)cc1. The third kappa shape index (κ3) is 2.86. The summed E-state index contributed by atoms with van der Waals surface area (Å²) in [6.45, 7) is 1.97. The summed E-state index contributed by atoms with van der Waals surface area (Å²) in [7, 11) is 0. The summed E-state index contributed by atoms with van der Waals surface area (Å²) in [6, 6.07) is 7.36. The predicted molar refractivity (Wildman–Crippen MR) is 64.8 cm³/mol. The Morgan fingerprint density at radius 1 is 0.895 bits per heavy atom. The van der Waals surface area contributed by atoms with Crippen molar-refractivity contribution in [2.45, 2.75) is 13.5 Å². The maximum atomic E-state index is 13.4. The van der Waals surface area contributed by atoms with Crippen LogP contribution in [-0.4, -0.2) is 0 Å². The molecule has 0 spiro atoms. The molecular weight excluding hydrogens is 258 g/mol. The molecule has 0 radical (unpaired) electrons. The third-order valence-electron chi connectivity index (χ3n) is 2.70. The van der Waals surface area contributed by atoms with Crippen LogP contribution in [0.3, 0.4) is 0 Å². The molecule has 0 aliphatic heterocycles. The van der Waals surface area contributed by atoms with E-state index >= 15 is 0 Å². The molecule has 0 aromatic heterocycles. The Morgan fingerprint density at radius 2 is 1.42 bits per heavy atom. The zero-order chi connectivity index (χ0) is 14.0. The van der Waals surface area contributed by atoms with Gasteiger partial charge in [-0.15, -0.1) is 0 Å². The predicted octanol–water partition coefficient (Wildman–Crippen LogP) is 4.16. The van der Waals surface area contributed by atoms with Gasteiger partial charge >= 0.3 is 0 Å². The molecule has 0 saturated heterocycles. The highest BCUT2D eigenvalue weighted by Gasteiger charge is 2.18. The lowest BCUT2D eigenvalue weighted by Gasteiger charge is -2.10. The van der Waals surface area contributed by atoms with Gasteiger partial charge in [0.15, 0.2) is 23.3 Å². The van der Waals surface area contributed by atoms with E-state index < -0.39 is 29.0 Å². The van der Waals surface area contributed by atoms with Gasteiger partial charge in [0.2, 0.25) is 0 Å². The van der Waals surface area contributed by atoms with E-state index in [4.69, 9.17) is 0 Å². The number of halogens is 4. The number of benzene rings is 2. The van der Waals surface area contributed by atoms with Gasteiger partial charge in [0.05, 0.1) is 0 Å². The molecule has 1 N–H and O–H groups in total. The van der Waals surface area contributed by atoms with Crippen molar-refractivity contribution >= 4 is 5.69 Å². The summed E-state index contributed by atoms with van der Waals surface area (Å²) < 4.78 is 52.7. The summed E-state index contributed by atoms with van der Waals surface area (Å²) in [5.74, 6) is -5.70. The largest absolute Gasteiger partial charge is 0.376 e. The van der Waals surface area contributed by atoms with Gasteiger partial charge in [0.1, 0.15) is 5.69 Å². The number of nitrogens with one attached hydrogen (secondary N) is 1. The lowest BCUT2D eigenvalue weighted by molar-refractivity contribution is 0.458. The van der Waals surface area contributed by atoms with Crippen molar-refractivity contribution in [3.63, 3.8) is 0 Å². The highest BCUT2D eigenvalue weighted by atomic mass is 19.2. The third-order valence-corrected chi connectivity index (χ3v) is 2.70. The second kappa shape index (κ2) is 5.30. The normalized spacial score (nSPS) is 10.6. The van der Waals surface area contributed by atoms with E-state index in [0.29, 0.717) is 0 Å². The van der Waals surface area contributed by atoms with Crippen LogP contribution in [0.25, 0.3) is 0 Å². The van der Waals surface area contributed by atoms with Gasteiger partial charge < -0.3 is 5.32 Å². The molecule has 19 heavy (non-hydrogen) atoms.